The van der Waals surface area contributed by atoms with Crippen molar-refractivity contribution in [3.8, 4) is 0 Å². The first-order chi connectivity index (χ1) is 10.9. The van der Waals surface area contributed by atoms with Crippen LogP contribution in [0.15, 0.2) is 53.4 Å². The van der Waals surface area contributed by atoms with E-state index in [-0.39, 0.29) is 17.4 Å². The van der Waals surface area contributed by atoms with E-state index in [1.807, 2.05) is 6.92 Å². The van der Waals surface area contributed by atoms with Gasteiger partial charge in [0.25, 0.3) is 0 Å². The average molecular weight is 333 g/mol. The SMILES string of the molecule is COCC(=O)Nc1ccc(S(=O)(=O)[N-]c2ccc(C)cc2)cc1. The number of rotatable bonds is 6. The molecular formula is C16H17N2O4S-. The molecule has 0 aliphatic heterocycles. The van der Waals surface area contributed by atoms with E-state index >= 15 is 0 Å². The van der Waals surface area contributed by atoms with Crippen LogP contribution in [0.25, 0.3) is 4.72 Å². The number of nitrogens with one attached hydrogen (secondary N) is 1. The monoisotopic (exact) mass is 333 g/mol. The number of nitrogens with zero attached hydrogens (tertiary/aromatic N) is 1. The summed E-state index contributed by atoms with van der Waals surface area (Å²) < 4.78 is 33.0. The van der Waals surface area contributed by atoms with Crippen molar-refractivity contribution in [2.75, 3.05) is 19.0 Å². The summed E-state index contributed by atoms with van der Waals surface area (Å²) in [7, 11) is -2.38. The molecule has 0 spiro atoms. The summed E-state index contributed by atoms with van der Waals surface area (Å²) in [4.78, 5) is 11.4. The van der Waals surface area contributed by atoms with Gasteiger partial charge in [0, 0.05) is 12.8 Å². The van der Waals surface area contributed by atoms with Crippen LogP contribution in [-0.2, 0) is 19.6 Å². The summed E-state index contributed by atoms with van der Waals surface area (Å²) in [5.41, 5.74) is 1.88. The normalized spacial score (nSPS) is 11.0. The number of ether oxygens (including phenoxy) is 1. The Bertz CT molecular complexity index is 769. The molecule has 0 heterocycles. The number of methoxy groups -OCH3 is 1. The summed E-state index contributed by atoms with van der Waals surface area (Å²) in [6.07, 6.45) is 0. The molecule has 0 unspecified atom stereocenters. The maximum atomic E-state index is 12.2. The molecule has 2 aromatic carbocycles. The van der Waals surface area contributed by atoms with E-state index in [1.165, 1.54) is 31.4 Å². The smallest absolute Gasteiger partial charge is 0.250 e. The van der Waals surface area contributed by atoms with Gasteiger partial charge in [-0.2, -0.15) is 0 Å². The van der Waals surface area contributed by atoms with Crippen LogP contribution < -0.4 is 5.32 Å². The Labute approximate surface area is 135 Å². The van der Waals surface area contributed by atoms with E-state index in [2.05, 4.69) is 10.0 Å². The molecular weight excluding hydrogens is 316 g/mol. The van der Waals surface area contributed by atoms with Crippen LogP contribution in [0.5, 0.6) is 0 Å². The van der Waals surface area contributed by atoms with Gasteiger partial charge in [-0.15, -0.1) is 5.69 Å². The fourth-order valence-electron chi connectivity index (χ4n) is 1.84. The van der Waals surface area contributed by atoms with Gasteiger partial charge in [-0.1, -0.05) is 29.8 Å². The van der Waals surface area contributed by atoms with Gasteiger partial charge < -0.3 is 14.8 Å². The summed E-state index contributed by atoms with van der Waals surface area (Å²) in [5, 5.41) is 2.59. The van der Waals surface area contributed by atoms with Crippen LogP contribution in [0, 0.1) is 6.92 Å². The maximum Gasteiger partial charge on any atom is 0.250 e. The van der Waals surface area contributed by atoms with E-state index in [1.54, 1.807) is 24.3 Å². The molecule has 0 atom stereocenters. The summed E-state index contributed by atoms with van der Waals surface area (Å²) in [6.45, 7) is 1.84. The Morgan fingerprint density at radius 1 is 1.09 bits per heavy atom. The lowest BCUT2D eigenvalue weighted by molar-refractivity contribution is -0.119. The number of anilines is 1. The third-order valence-corrected chi connectivity index (χ3v) is 4.29. The number of hydrogen-bond donors (Lipinski definition) is 1. The zero-order valence-electron chi connectivity index (χ0n) is 12.8. The first-order valence-corrected chi connectivity index (χ1v) is 8.28. The van der Waals surface area contributed by atoms with Gasteiger partial charge in [-0.3, -0.25) is 4.79 Å². The van der Waals surface area contributed by atoms with Gasteiger partial charge in [-0.05, 0) is 31.2 Å². The Kier molecular flexibility index (Phi) is 5.36. The standard InChI is InChI=1S/C16H17N2O4S/c1-12-3-5-14(6-4-12)18-23(20,21)15-9-7-13(8-10-15)17-16(19)11-22-2/h3-10H,11H2,1-2H3,(H,17,19)/q-1. The van der Waals surface area contributed by atoms with Crippen LogP contribution in [0.2, 0.25) is 0 Å². The lowest BCUT2D eigenvalue weighted by Crippen LogP contribution is -2.17. The molecule has 1 amide bonds. The van der Waals surface area contributed by atoms with E-state index in [0.29, 0.717) is 11.4 Å². The average Bonchev–Trinajstić information content (AvgIpc) is 2.50. The fraction of sp³-hybridized carbons (Fsp3) is 0.188. The van der Waals surface area contributed by atoms with E-state index in [9.17, 15) is 13.2 Å². The second-order valence-electron chi connectivity index (χ2n) is 4.91. The number of benzene rings is 2. The first kappa shape index (κ1) is 17.0. The van der Waals surface area contributed by atoms with Gasteiger partial charge in [0.2, 0.25) is 5.91 Å². The van der Waals surface area contributed by atoms with Crippen molar-refractivity contribution in [1.29, 1.82) is 0 Å². The quantitative estimate of drug-likeness (QED) is 0.880. The molecule has 122 valence electrons. The lowest BCUT2D eigenvalue weighted by atomic mass is 10.2. The highest BCUT2D eigenvalue weighted by atomic mass is 32.2. The molecule has 0 saturated carbocycles. The number of sulfonamides is 1. The van der Waals surface area contributed by atoms with Gasteiger partial charge in [0.1, 0.15) is 16.6 Å². The number of hydrogen-bond acceptors (Lipinski definition) is 4. The summed E-state index contributed by atoms with van der Waals surface area (Å²) in [5.74, 6) is -0.313. The molecule has 0 aliphatic carbocycles. The largest absolute Gasteiger partial charge is 0.573 e. The van der Waals surface area contributed by atoms with E-state index < -0.39 is 10.0 Å². The third-order valence-electron chi connectivity index (χ3n) is 2.97. The highest BCUT2D eigenvalue weighted by Crippen LogP contribution is 2.28. The highest BCUT2D eigenvalue weighted by molar-refractivity contribution is 7.94. The van der Waals surface area contributed by atoms with Gasteiger partial charge in [0.05, 0.1) is 4.90 Å². The number of carbonyl (C=O) groups is 1. The summed E-state index contributed by atoms with van der Waals surface area (Å²) in [6, 6.07) is 12.7. The van der Waals surface area contributed by atoms with Crippen LogP contribution in [-0.4, -0.2) is 28.0 Å². The molecule has 2 rings (SSSR count). The molecule has 7 heteroatoms. The third kappa shape index (κ3) is 4.80. The second kappa shape index (κ2) is 7.26. The highest BCUT2D eigenvalue weighted by Gasteiger charge is 2.06. The van der Waals surface area contributed by atoms with Crippen LogP contribution in [0.3, 0.4) is 0 Å². The Hall–Kier alpha value is -2.38. The van der Waals surface area contributed by atoms with Crippen LogP contribution in [0.4, 0.5) is 11.4 Å². The minimum absolute atomic E-state index is 0.0582. The minimum Gasteiger partial charge on any atom is -0.573 e. The predicted molar refractivity (Wildman–Crippen MR) is 88.3 cm³/mol. The lowest BCUT2D eigenvalue weighted by Gasteiger charge is -2.22. The fourth-order valence-corrected chi connectivity index (χ4v) is 2.82. The van der Waals surface area contributed by atoms with Crippen molar-refractivity contribution in [3.05, 3.63) is 58.8 Å². The molecule has 2 aromatic rings. The Morgan fingerprint density at radius 3 is 2.26 bits per heavy atom. The predicted octanol–water partition coefficient (Wildman–Crippen LogP) is 2.97. The number of carbonyl (C=O) groups excluding carboxylic acids is 1. The molecule has 0 aliphatic rings. The Balaban J connectivity index is 2.11. The van der Waals surface area contributed by atoms with Crippen molar-refractivity contribution in [2.45, 2.75) is 11.8 Å². The Morgan fingerprint density at radius 2 is 1.70 bits per heavy atom. The molecule has 0 aromatic heterocycles. The first-order valence-electron chi connectivity index (χ1n) is 6.84. The minimum atomic E-state index is -3.79. The van der Waals surface area contributed by atoms with Crippen molar-refractivity contribution >= 4 is 27.3 Å². The maximum absolute atomic E-state index is 12.2. The van der Waals surface area contributed by atoms with Crippen molar-refractivity contribution in [3.63, 3.8) is 0 Å². The van der Waals surface area contributed by atoms with E-state index in [4.69, 9.17) is 4.74 Å². The molecule has 23 heavy (non-hydrogen) atoms. The molecule has 0 fully saturated rings. The van der Waals surface area contributed by atoms with Crippen LogP contribution in [0.1, 0.15) is 5.56 Å². The summed E-state index contributed by atoms with van der Waals surface area (Å²) >= 11 is 0. The second-order valence-corrected chi connectivity index (χ2v) is 6.51. The molecule has 0 bridgehead atoms. The molecule has 6 nitrogen and oxygen atoms in total. The van der Waals surface area contributed by atoms with Crippen molar-refractivity contribution < 1.29 is 17.9 Å². The zero-order valence-corrected chi connectivity index (χ0v) is 13.6. The number of aryl methyl sites for hydroxylation is 1. The van der Waals surface area contributed by atoms with Gasteiger partial charge in [0.15, 0.2) is 0 Å². The van der Waals surface area contributed by atoms with Crippen LogP contribution >= 0.6 is 0 Å². The zero-order chi connectivity index (χ0) is 16.9. The van der Waals surface area contributed by atoms with Gasteiger partial charge >= 0.3 is 0 Å². The van der Waals surface area contributed by atoms with Crippen molar-refractivity contribution in [1.82, 2.24) is 0 Å². The molecule has 1 N–H and O–H groups in total. The number of amides is 1. The molecule has 0 saturated heterocycles. The molecule has 0 radical (unpaired) electrons. The van der Waals surface area contributed by atoms with Crippen molar-refractivity contribution in [2.24, 2.45) is 0 Å². The van der Waals surface area contributed by atoms with Gasteiger partial charge in [-0.25, -0.2) is 8.42 Å². The van der Waals surface area contributed by atoms with E-state index in [0.717, 1.165) is 5.56 Å². The topological polar surface area (TPSA) is 86.6 Å².